The van der Waals surface area contributed by atoms with Crippen LogP contribution in [0.5, 0.6) is 0 Å². The van der Waals surface area contributed by atoms with Gasteiger partial charge in [0, 0.05) is 7.05 Å². The van der Waals surface area contributed by atoms with Crippen LogP contribution in [-0.2, 0) is 7.05 Å². The number of aromatic nitrogens is 2. The summed E-state index contributed by atoms with van der Waals surface area (Å²) >= 11 is 3.95. The summed E-state index contributed by atoms with van der Waals surface area (Å²) < 4.78 is 1.59. The van der Waals surface area contributed by atoms with Gasteiger partial charge >= 0.3 is 0 Å². The van der Waals surface area contributed by atoms with Gasteiger partial charge in [0.25, 0.3) is 0 Å². The standard InChI is InChI=1S/C7H9N3S/c1-10-7(8)6(5-9-10)3-2-4-11/h5,11H,4,8H2,1H3. The van der Waals surface area contributed by atoms with Crippen molar-refractivity contribution in [1.29, 1.82) is 0 Å². The monoisotopic (exact) mass is 167 g/mol. The third-order valence-corrected chi connectivity index (χ3v) is 1.44. The van der Waals surface area contributed by atoms with Crippen molar-refractivity contribution >= 4 is 18.4 Å². The van der Waals surface area contributed by atoms with Gasteiger partial charge in [0.2, 0.25) is 0 Å². The highest BCUT2D eigenvalue weighted by Crippen LogP contribution is 2.06. The van der Waals surface area contributed by atoms with Crippen molar-refractivity contribution in [3.63, 3.8) is 0 Å². The van der Waals surface area contributed by atoms with E-state index in [4.69, 9.17) is 5.73 Å². The lowest BCUT2D eigenvalue weighted by atomic mass is 10.3. The average molecular weight is 167 g/mol. The maximum Gasteiger partial charge on any atom is 0.137 e. The summed E-state index contributed by atoms with van der Waals surface area (Å²) in [5.41, 5.74) is 6.38. The molecule has 3 nitrogen and oxygen atoms in total. The van der Waals surface area contributed by atoms with Gasteiger partial charge in [-0.2, -0.15) is 17.7 Å². The molecule has 0 aliphatic rings. The fourth-order valence-corrected chi connectivity index (χ4v) is 0.757. The normalized spacial score (nSPS) is 8.91. The number of hydrogen-bond acceptors (Lipinski definition) is 3. The average Bonchev–Trinajstić information content (AvgIpc) is 2.31. The molecule has 1 aromatic heterocycles. The van der Waals surface area contributed by atoms with Crippen LogP contribution in [0.25, 0.3) is 0 Å². The van der Waals surface area contributed by atoms with Crippen molar-refractivity contribution in [3.8, 4) is 11.8 Å². The molecule has 0 fully saturated rings. The molecule has 0 saturated heterocycles. The van der Waals surface area contributed by atoms with Crippen LogP contribution < -0.4 is 5.73 Å². The smallest absolute Gasteiger partial charge is 0.137 e. The molecule has 0 aromatic carbocycles. The van der Waals surface area contributed by atoms with Crippen LogP contribution >= 0.6 is 12.6 Å². The predicted molar refractivity (Wildman–Crippen MR) is 48.4 cm³/mol. The Bertz CT molecular complexity index is 305. The third kappa shape index (κ3) is 1.69. The summed E-state index contributed by atoms with van der Waals surface area (Å²) in [4.78, 5) is 0. The lowest BCUT2D eigenvalue weighted by Crippen LogP contribution is -1.98. The van der Waals surface area contributed by atoms with Gasteiger partial charge < -0.3 is 5.73 Å². The first-order valence-electron chi connectivity index (χ1n) is 3.13. The molecule has 0 saturated carbocycles. The van der Waals surface area contributed by atoms with Crippen LogP contribution in [0.3, 0.4) is 0 Å². The van der Waals surface area contributed by atoms with Crippen molar-refractivity contribution in [2.75, 3.05) is 11.5 Å². The van der Waals surface area contributed by atoms with E-state index in [2.05, 4.69) is 29.6 Å². The first-order chi connectivity index (χ1) is 5.25. The summed E-state index contributed by atoms with van der Waals surface area (Å²) in [7, 11) is 1.78. The Kier molecular flexibility index (Phi) is 2.44. The number of aryl methyl sites for hydroxylation is 1. The zero-order valence-corrected chi connectivity index (χ0v) is 7.10. The topological polar surface area (TPSA) is 43.8 Å². The summed E-state index contributed by atoms with van der Waals surface area (Å²) in [6.07, 6.45) is 1.64. The van der Waals surface area contributed by atoms with E-state index in [0.717, 1.165) is 5.56 Å². The Labute approximate surface area is 71.0 Å². The van der Waals surface area contributed by atoms with Crippen molar-refractivity contribution in [2.45, 2.75) is 0 Å². The molecule has 1 aromatic rings. The second kappa shape index (κ2) is 3.35. The Morgan fingerprint density at radius 1 is 1.82 bits per heavy atom. The molecule has 0 amide bonds. The molecule has 0 unspecified atom stereocenters. The molecule has 0 radical (unpaired) electrons. The van der Waals surface area contributed by atoms with Gasteiger partial charge in [0.1, 0.15) is 5.82 Å². The molecule has 4 heteroatoms. The number of nitrogen functional groups attached to an aromatic ring is 1. The van der Waals surface area contributed by atoms with E-state index in [1.807, 2.05) is 0 Å². The van der Waals surface area contributed by atoms with Crippen LogP contribution in [0.2, 0.25) is 0 Å². The zero-order valence-electron chi connectivity index (χ0n) is 6.20. The van der Waals surface area contributed by atoms with Crippen molar-refractivity contribution in [1.82, 2.24) is 9.78 Å². The van der Waals surface area contributed by atoms with Gasteiger partial charge in [-0.3, -0.25) is 4.68 Å². The minimum atomic E-state index is 0.536. The van der Waals surface area contributed by atoms with Gasteiger partial charge in [-0.25, -0.2) is 0 Å². The van der Waals surface area contributed by atoms with E-state index < -0.39 is 0 Å². The van der Waals surface area contributed by atoms with E-state index in [1.165, 1.54) is 0 Å². The molecule has 0 aliphatic carbocycles. The SMILES string of the molecule is Cn1ncc(C#CCS)c1N. The third-order valence-electron chi connectivity index (χ3n) is 1.29. The zero-order chi connectivity index (χ0) is 8.27. The molecule has 0 bridgehead atoms. The van der Waals surface area contributed by atoms with Gasteiger partial charge in [-0.1, -0.05) is 11.8 Å². The van der Waals surface area contributed by atoms with E-state index in [-0.39, 0.29) is 0 Å². The fraction of sp³-hybridized carbons (Fsp3) is 0.286. The molecule has 58 valence electrons. The largest absolute Gasteiger partial charge is 0.383 e. The molecule has 0 aliphatic heterocycles. The lowest BCUT2D eigenvalue weighted by molar-refractivity contribution is 0.779. The second-order valence-corrected chi connectivity index (χ2v) is 2.34. The van der Waals surface area contributed by atoms with Gasteiger partial charge in [0.15, 0.2) is 0 Å². The van der Waals surface area contributed by atoms with E-state index in [0.29, 0.717) is 11.6 Å². The second-order valence-electron chi connectivity index (χ2n) is 2.03. The first kappa shape index (κ1) is 8.02. The van der Waals surface area contributed by atoms with Crippen LogP contribution in [0, 0.1) is 11.8 Å². The van der Waals surface area contributed by atoms with E-state index in [1.54, 1.807) is 17.9 Å². The Balaban J connectivity index is 2.96. The van der Waals surface area contributed by atoms with Crippen molar-refractivity contribution < 1.29 is 0 Å². The van der Waals surface area contributed by atoms with Gasteiger partial charge in [0.05, 0.1) is 17.5 Å². The number of thiol groups is 1. The van der Waals surface area contributed by atoms with Crippen LogP contribution in [-0.4, -0.2) is 15.5 Å². The van der Waals surface area contributed by atoms with Crippen LogP contribution in [0.15, 0.2) is 6.20 Å². The Morgan fingerprint density at radius 3 is 3.00 bits per heavy atom. The molecule has 2 N–H and O–H groups in total. The van der Waals surface area contributed by atoms with Gasteiger partial charge in [-0.15, -0.1) is 0 Å². The highest BCUT2D eigenvalue weighted by Gasteiger charge is 1.98. The molecule has 0 spiro atoms. The fourth-order valence-electron chi connectivity index (χ4n) is 0.678. The Hall–Kier alpha value is -1.08. The molecular formula is C7H9N3S. The van der Waals surface area contributed by atoms with E-state index >= 15 is 0 Å². The number of nitrogens with zero attached hydrogens (tertiary/aromatic N) is 2. The van der Waals surface area contributed by atoms with Gasteiger partial charge in [-0.05, 0) is 0 Å². The number of rotatable bonds is 0. The maximum atomic E-state index is 5.62. The maximum absolute atomic E-state index is 5.62. The minimum Gasteiger partial charge on any atom is -0.383 e. The molecular weight excluding hydrogens is 158 g/mol. The molecule has 1 heterocycles. The van der Waals surface area contributed by atoms with E-state index in [9.17, 15) is 0 Å². The first-order valence-corrected chi connectivity index (χ1v) is 3.76. The molecule has 11 heavy (non-hydrogen) atoms. The van der Waals surface area contributed by atoms with Crippen molar-refractivity contribution in [3.05, 3.63) is 11.8 Å². The minimum absolute atomic E-state index is 0.536. The number of nitrogens with two attached hydrogens (primary N) is 1. The molecule has 0 atom stereocenters. The van der Waals surface area contributed by atoms with Crippen molar-refractivity contribution in [2.24, 2.45) is 7.05 Å². The quantitative estimate of drug-likeness (QED) is 0.430. The summed E-state index contributed by atoms with van der Waals surface area (Å²) in [5, 5.41) is 3.93. The van der Waals surface area contributed by atoms with Crippen LogP contribution in [0.4, 0.5) is 5.82 Å². The summed E-state index contributed by atoms with van der Waals surface area (Å²) in [5.74, 6) is 6.78. The summed E-state index contributed by atoms with van der Waals surface area (Å²) in [6, 6.07) is 0. The number of hydrogen-bond donors (Lipinski definition) is 2. The van der Waals surface area contributed by atoms with Crippen LogP contribution in [0.1, 0.15) is 5.56 Å². The number of anilines is 1. The highest BCUT2D eigenvalue weighted by atomic mass is 32.1. The highest BCUT2D eigenvalue weighted by molar-refractivity contribution is 7.80. The predicted octanol–water partition coefficient (Wildman–Crippen LogP) is 0.284. The molecule has 1 rings (SSSR count). The summed E-state index contributed by atoms with van der Waals surface area (Å²) in [6.45, 7) is 0. The Morgan fingerprint density at radius 2 is 2.55 bits per heavy atom. The lowest BCUT2D eigenvalue weighted by Gasteiger charge is -1.91.